The molecule has 0 unspecified atom stereocenters. The Bertz CT molecular complexity index is 955. The Morgan fingerprint density at radius 1 is 1.17 bits per heavy atom. The zero-order valence-corrected chi connectivity index (χ0v) is 13.7. The van der Waals surface area contributed by atoms with Crippen LogP contribution in [-0.4, -0.2) is 29.2 Å². The highest BCUT2D eigenvalue weighted by Crippen LogP contribution is 2.18. The van der Waals surface area contributed by atoms with Gasteiger partial charge < -0.3 is 4.40 Å². The van der Waals surface area contributed by atoms with Gasteiger partial charge in [-0.15, -0.1) is 0 Å². The lowest BCUT2D eigenvalue weighted by Crippen LogP contribution is -2.26. The first-order chi connectivity index (χ1) is 10.9. The van der Waals surface area contributed by atoms with E-state index in [0.717, 1.165) is 12.1 Å². The Kier molecular flexibility index (Phi) is 4.09. The molecular weight excluding hydrogens is 341 g/mol. The molecule has 120 valence electrons. The summed E-state index contributed by atoms with van der Waals surface area (Å²) in [6, 6.07) is 8.18. The van der Waals surface area contributed by atoms with Gasteiger partial charge in [0, 0.05) is 19.4 Å². The SMILES string of the molecule is CN(Cc1cn2cc(Cl)ccc2n1)S(=O)(=O)c1ccc(F)cc1. The second-order valence-electron chi connectivity index (χ2n) is 5.06. The number of imidazole rings is 1. The molecule has 0 aliphatic heterocycles. The highest BCUT2D eigenvalue weighted by molar-refractivity contribution is 7.89. The largest absolute Gasteiger partial charge is 0.305 e. The molecular formula is C15H13ClFN3O2S. The lowest BCUT2D eigenvalue weighted by Gasteiger charge is -2.15. The molecule has 0 radical (unpaired) electrons. The van der Waals surface area contributed by atoms with E-state index in [4.69, 9.17) is 11.6 Å². The van der Waals surface area contributed by atoms with Crippen molar-refractivity contribution < 1.29 is 12.8 Å². The van der Waals surface area contributed by atoms with Gasteiger partial charge in [-0.1, -0.05) is 11.6 Å². The molecule has 0 spiro atoms. The molecule has 8 heteroatoms. The van der Waals surface area contributed by atoms with E-state index in [9.17, 15) is 12.8 Å². The maximum atomic E-state index is 12.9. The van der Waals surface area contributed by atoms with Crippen LogP contribution in [-0.2, 0) is 16.6 Å². The summed E-state index contributed by atoms with van der Waals surface area (Å²) in [6.45, 7) is 0.0962. The van der Waals surface area contributed by atoms with E-state index in [1.807, 2.05) is 0 Å². The van der Waals surface area contributed by atoms with E-state index in [0.29, 0.717) is 16.4 Å². The maximum Gasteiger partial charge on any atom is 0.243 e. The third-order valence-corrected chi connectivity index (χ3v) is 5.41. The predicted octanol–water partition coefficient (Wildman–Crippen LogP) is 2.95. The van der Waals surface area contributed by atoms with E-state index in [2.05, 4.69) is 4.98 Å². The van der Waals surface area contributed by atoms with Crippen LogP contribution < -0.4 is 0 Å². The summed E-state index contributed by atoms with van der Waals surface area (Å²) in [6.07, 6.45) is 3.42. The molecule has 3 aromatic rings. The molecule has 0 N–H and O–H groups in total. The van der Waals surface area contributed by atoms with Crippen molar-refractivity contribution in [2.45, 2.75) is 11.4 Å². The fourth-order valence-electron chi connectivity index (χ4n) is 2.19. The van der Waals surface area contributed by atoms with E-state index in [-0.39, 0.29) is 11.4 Å². The Balaban J connectivity index is 1.87. The number of pyridine rings is 1. The van der Waals surface area contributed by atoms with Gasteiger partial charge in [-0.25, -0.2) is 17.8 Å². The van der Waals surface area contributed by atoms with Crippen LogP contribution >= 0.6 is 11.6 Å². The molecule has 23 heavy (non-hydrogen) atoms. The van der Waals surface area contributed by atoms with Gasteiger partial charge in [0.05, 0.1) is 22.2 Å². The van der Waals surface area contributed by atoms with Crippen molar-refractivity contribution in [3.8, 4) is 0 Å². The normalized spacial score (nSPS) is 12.2. The molecule has 0 atom stereocenters. The van der Waals surface area contributed by atoms with Crippen LogP contribution in [0.2, 0.25) is 5.02 Å². The van der Waals surface area contributed by atoms with Gasteiger partial charge >= 0.3 is 0 Å². The number of nitrogens with zero attached hydrogens (tertiary/aromatic N) is 3. The molecule has 5 nitrogen and oxygen atoms in total. The lowest BCUT2D eigenvalue weighted by molar-refractivity contribution is 0.463. The third kappa shape index (κ3) is 3.21. The Hall–Kier alpha value is -1.96. The highest BCUT2D eigenvalue weighted by atomic mass is 35.5. The molecule has 0 aliphatic rings. The quantitative estimate of drug-likeness (QED) is 0.724. The van der Waals surface area contributed by atoms with Gasteiger partial charge in [0.15, 0.2) is 0 Å². The second-order valence-corrected chi connectivity index (χ2v) is 7.54. The van der Waals surface area contributed by atoms with Gasteiger partial charge in [-0.2, -0.15) is 4.31 Å². The summed E-state index contributed by atoms with van der Waals surface area (Å²) >= 11 is 5.91. The van der Waals surface area contributed by atoms with Crippen molar-refractivity contribution in [2.24, 2.45) is 0 Å². The van der Waals surface area contributed by atoms with Gasteiger partial charge in [-0.3, -0.25) is 0 Å². The molecule has 0 saturated carbocycles. The third-order valence-electron chi connectivity index (χ3n) is 3.37. The average molecular weight is 354 g/mol. The summed E-state index contributed by atoms with van der Waals surface area (Å²) in [5.74, 6) is -0.483. The van der Waals surface area contributed by atoms with Crippen molar-refractivity contribution in [1.82, 2.24) is 13.7 Å². The number of aromatic nitrogens is 2. The van der Waals surface area contributed by atoms with Crippen LogP contribution in [0.5, 0.6) is 0 Å². The summed E-state index contributed by atoms with van der Waals surface area (Å²) in [5.41, 5.74) is 1.26. The van der Waals surface area contributed by atoms with Crippen molar-refractivity contribution >= 4 is 27.3 Å². The first-order valence-corrected chi connectivity index (χ1v) is 8.53. The summed E-state index contributed by atoms with van der Waals surface area (Å²) in [7, 11) is -2.25. The van der Waals surface area contributed by atoms with E-state index in [1.165, 1.54) is 23.5 Å². The van der Waals surface area contributed by atoms with Crippen molar-refractivity contribution in [1.29, 1.82) is 0 Å². The average Bonchev–Trinajstić information content (AvgIpc) is 2.89. The Morgan fingerprint density at radius 3 is 2.57 bits per heavy atom. The molecule has 2 aromatic heterocycles. The number of hydrogen-bond acceptors (Lipinski definition) is 3. The van der Waals surface area contributed by atoms with Crippen LogP contribution in [0.1, 0.15) is 5.69 Å². The molecule has 0 aliphatic carbocycles. The molecule has 0 fully saturated rings. The minimum Gasteiger partial charge on any atom is -0.305 e. The standard InChI is InChI=1S/C15H13ClFN3O2S/c1-19(23(21,22)14-5-3-12(17)4-6-14)9-13-10-20-8-11(16)2-7-15(20)18-13/h2-8,10H,9H2,1H3. The monoisotopic (exact) mass is 353 g/mol. The van der Waals surface area contributed by atoms with Crippen LogP contribution in [0.4, 0.5) is 4.39 Å². The van der Waals surface area contributed by atoms with Gasteiger partial charge in [-0.05, 0) is 36.4 Å². The minimum atomic E-state index is -3.71. The van der Waals surface area contributed by atoms with Gasteiger partial charge in [0.25, 0.3) is 0 Å². The lowest BCUT2D eigenvalue weighted by atomic mass is 10.4. The topological polar surface area (TPSA) is 54.7 Å². The smallest absolute Gasteiger partial charge is 0.243 e. The van der Waals surface area contributed by atoms with Crippen LogP contribution in [0.25, 0.3) is 5.65 Å². The molecule has 0 saturated heterocycles. The Morgan fingerprint density at radius 2 is 1.87 bits per heavy atom. The molecule has 0 amide bonds. The molecule has 1 aromatic carbocycles. The highest BCUT2D eigenvalue weighted by Gasteiger charge is 2.21. The number of benzene rings is 1. The van der Waals surface area contributed by atoms with E-state index < -0.39 is 15.8 Å². The first kappa shape index (κ1) is 15.9. The number of fused-ring (bicyclic) bond motifs is 1. The van der Waals surface area contributed by atoms with Gasteiger partial charge in [0.1, 0.15) is 11.5 Å². The number of sulfonamides is 1. The van der Waals surface area contributed by atoms with E-state index in [1.54, 1.807) is 28.9 Å². The minimum absolute atomic E-state index is 0.0354. The first-order valence-electron chi connectivity index (χ1n) is 6.71. The number of hydrogen-bond donors (Lipinski definition) is 0. The summed E-state index contributed by atoms with van der Waals surface area (Å²) < 4.78 is 40.8. The van der Waals surface area contributed by atoms with Crippen molar-refractivity contribution in [2.75, 3.05) is 7.05 Å². The Labute approximate surface area is 138 Å². The summed E-state index contributed by atoms with van der Waals surface area (Å²) in [5, 5.41) is 0.564. The van der Waals surface area contributed by atoms with Gasteiger partial charge in [0.2, 0.25) is 10.0 Å². The number of rotatable bonds is 4. The zero-order valence-electron chi connectivity index (χ0n) is 12.1. The molecule has 3 rings (SSSR count). The molecule has 2 heterocycles. The van der Waals surface area contributed by atoms with Crippen molar-refractivity contribution in [3.05, 3.63) is 65.3 Å². The summed E-state index contributed by atoms with van der Waals surface area (Å²) in [4.78, 5) is 4.39. The predicted molar refractivity (Wildman–Crippen MR) is 85.3 cm³/mol. The van der Waals surface area contributed by atoms with Crippen LogP contribution in [0.3, 0.4) is 0 Å². The van der Waals surface area contributed by atoms with Crippen LogP contribution in [0, 0.1) is 5.82 Å². The van der Waals surface area contributed by atoms with E-state index >= 15 is 0 Å². The fourth-order valence-corrected chi connectivity index (χ4v) is 3.50. The fraction of sp³-hybridized carbons (Fsp3) is 0.133. The zero-order chi connectivity index (χ0) is 16.6. The maximum absolute atomic E-state index is 12.9. The van der Waals surface area contributed by atoms with Crippen molar-refractivity contribution in [3.63, 3.8) is 0 Å². The molecule has 0 bridgehead atoms. The van der Waals surface area contributed by atoms with Crippen LogP contribution in [0.15, 0.2) is 53.7 Å². The number of halogens is 2. The second kappa shape index (κ2) is 5.92.